The van der Waals surface area contributed by atoms with Crippen LogP contribution in [0.15, 0.2) is 24.3 Å². The molecule has 90 valence electrons. The molecule has 5 heteroatoms. The molecule has 2 amide bonds. The molecule has 0 aliphatic carbocycles. The van der Waals surface area contributed by atoms with Crippen LogP contribution in [-0.2, 0) is 4.79 Å². The van der Waals surface area contributed by atoms with Gasteiger partial charge in [-0.3, -0.25) is 9.59 Å². The van der Waals surface area contributed by atoms with E-state index in [1.807, 2.05) is 0 Å². The second-order valence-electron chi connectivity index (χ2n) is 4.14. The second kappa shape index (κ2) is 4.86. The maximum absolute atomic E-state index is 11.9. The van der Waals surface area contributed by atoms with Gasteiger partial charge in [-0.1, -0.05) is 6.07 Å². The highest BCUT2D eigenvalue weighted by molar-refractivity contribution is 5.95. The Balaban J connectivity index is 1.95. The Morgan fingerprint density at radius 1 is 1.47 bits per heavy atom. The molecule has 0 bridgehead atoms. The predicted octanol–water partition coefficient (Wildman–Crippen LogP) is 0.277. The van der Waals surface area contributed by atoms with Crippen LogP contribution in [0, 0.1) is 0 Å². The van der Waals surface area contributed by atoms with E-state index in [4.69, 9.17) is 5.73 Å². The van der Waals surface area contributed by atoms with Crippen LogP contribution >= 0.6 is 0 Å². The third-order valence-corrected chi connectivity index (χ3v) is 2.75. The van der Waals surface area contributed by atoms with Gasteiger partial charge >= 0.3 is 0 Å². The fourth-order valence-electron chi connectivity index (χ4n) is 1.80. The Bertz CT molecular complexity index is 435. The van der Waals surface area contributed by atoms with E-state index in [0.717, 1.165) is 0 Å². The Labute approximate surface area is 99.4 Å². The first-order valence-corrected chi connectivity index (χ1v) is 5.58. The summed E-state index contributed by atoms with van der Waals surface area (Å²) in [6, 6.07) is 6.83. The first-order valence-electron chi connectivity index (χ1n) is 5.58. The Kier molecular flexibility index (Phi) is 3.27. The van der Waals surface area contributed by atoms with E-state index in [-0.39, 0.29) is 17.9 Å². The van der Waals surface area contributed by atoms with Crippen molar-refractivity contribution >= 4 is 17.5 Å². The number of nitrogens with two attached hydrogens (primary N) is 1. The minimum absolute atomic E-state index is 0.00151. The van der Waals surface area contributed by atoms with E-state index in [2.05, 4.69) is 10.6 Å². The van der Waals surface area contributed by atoms with Crippen LogP contribution in [-0.4, -0.2) is 24.4 Å². The molecule has 1 aromatic carbocycles. The summed E-state index contributed by atoms with van der Waals surface area (Å²) in [5.41, 5.74) is 6.72. The number of rotatable bonds is 2. The molecule has 0 radical (unpaired) electrons. The molecule has 1 fully saturated rings. The van der Waals surface area contributed by atoms with Crippen molar-refractivity contribution in [2.24, 2.45) is 0 Å². The van der Waals surface area contributed by atoms with Crippen LogP contribution in [0.2, 0.25) is 0 Å². The molecule has 17 heavy (non-hydrogen) atoms. The van der Waals surface area contributed by atoms with Gasteiger partial charge in [-0.15, -0.1) is 0 Å². The number of piperidine rings is 1. The lowest BCUT2D eigenvalue weighted by Gasteiger charge is -2.23. The lowest BCUT2D eigenvalue weighted by atomic mass is 10.1. The third kappa shape index (κ3) is 2.96. The van der Waals surface area contributed by atoms with Crippen molar-refractivity contribution in [2.75, 3.05) is 12.3 Å². The first-order chi connectivity index (χ1) is 8.15. The van der Waals surface area contributed by atoms with E-state index in [1.165, 1.54) is 0 Å². The standard InChI is InChI=1S/C12H15N3O2/c13-9-3-1-2-8(6-9)12(17)15-10-4-5-11(16)14-7-10/h1-3,6,10H,4-5,7,13H2,(H,14,16)(H,15,17). The van der Waals surface area contributed by atoms with Gasteiger partial charge < -0.3 is 16.4 Å². The van der Waals surface area contributed by atoms with Gasteiger partial charge in [0.15, 0.2) is 0 Å². The van der Waals surface area contributed by atoms with E-state index in [0.29, 0.717) is 30.6 Å². The molecule has 1 saturated heterocycles. The zero-order valence-corrected chi connectivity index (χ0v) is 9.40. The molecule has 0 spiro atoms. The number of nitrogens with one attached hydrogen (secondary N) is 2. The normalized spacial score (nSPS) is 19.5. The summed E-state index contributed by atoms with van der Waals surface area (Å²) in [4.78, 5) is 22.8. The lowest BCUT2D eigenvalue weighted by Crippen LogP contribution is -2.47. The van der Waals surface area contributed by atoms with Crippen LogP contribution in [0.25, 0.3) is 0 Å². The molecule has 1 heterocycles. The number of anilines is 1. The molecule has 1 unspecified atom stereocenters. The van der Waals surface area contributed by atoms with E-state index < -0.39 is 0 Å². The van der Waals surface area contributed by atoms with Crippen molar-refractivity contribution in [2.45, 2.75) is 18.9 Å². The molecule has 0 aromatic heterocycles. The van der Waals surface area contributed by atoms with Crippen LogP contribution in [0.1, 0.15) is 23.2 Å². The number of benzene rings is 1. The largest absolute Gasteiger partial charge is 0.399 e. The van der Waals surface area contributed by atoms with Gasteiger partial charge in [0.25, 0.3) is 5.91 Å². The van der Waals surface area contributed by atoms with Gasteiger partial charge in [-0.05, 0) is 24.6 Å². The number of amides is 2. The van der Waals surface area contributed by atoms with Crippen LogP contribution < -0.4 is 16.4 Å². The van der Waals surface area contributed by atoms with Crippen LogP contribution in [0.4, 0.5) is 5.69 Å². The minimum atomic E-state index is -0.154. The Morgan fingerprint density at radius 3 is 2.94 bits per heavy atom. The second-order valence-corrected chi connectivity index (χ2v) is 4.14. The number of carbonyl (C=O) groups is 2. The fourth-order valence-corrected chi connectivity index (χ4v) is 1.80. The lowest BCUT2D eigenvalue weighted by molar-refractivity contribution is -0.122. The van der Waals surface area contributed by atoms with Gasteiger partial charge in [0.05, 0.1) is 0 Å². The van der Waals surface area contributed by atoms with E-state index in [9.17, 15) is 9.59 Å². The van der Waals surface area contributed by atoms with E-state index in [1.54, 1.807) is 24.3 Å². The van der Waals surface area contributed by atoms with Crippen LogP contribution in [0.3, 0.4) is 0 Å². The molecule has 1 aliphatic rings. The van der Waals surface area contributed by atoms with Crippen molar-refractivity contribution in [3.8, 4) is 0 Å². The van der Waals surface area contributed by atoms with Gasteiger partial charge in [0.2, 0.25) is 5.91 Å². The molecule has 0 saturated carbocycles. The van der Waals surface area contributed by atoms with Crippen molar-refractivity contribution < 1.29 is 9.59 Å². The maximum atomic E-state index is 11.9. The summed E-state index contributed by atoms with van der Waals surface area (Å²) in [6.45, 7) is 0.493. The van der Waals surface area contributed by atoms with Crippen molar-refractivity contribution in [3.63, 3.8) is 0 Å². The number of carbonyl (C=O) groups excluding carboxylic acids is 2. The number of hydrogen-bond donors (Lipinski definition) is 3. The summed E-state index contributed by atoms with van der Waals surface area (Å²) in [5, 5.41) is 5.60. The minimum Gasteiger partial charge on any atom is -0.399 e. The highest BCUT2D eigenvalue weighted by Crippen LogP contribution is 2.08. The first kappa shape index (κ1) is 11.4. The summed E-state index contributed by atoms with van der Waals surface area (Å²) in [5.74, 6) is -0.113. The van der Waals surface area contributed by atoms with Gasteiger partial charge in [-0.25, -0.2) is 0 Å². The summed E-state index contributed by atoms with van der Waals surface area (Å²) < 4.78 is 0. The van der Waals surface area contributed by atoms with Crippen LogP contribution in [0.5, 0.6) is 0 Å². The number of nitrogen functional groups attached to an aromatic ring is 1. The Morgan fingerprint density at radius 2 is 2.29 bits per heavy atom. The monoisotopic (exact) mass is 233 g/mol. The summed E-state index contributed by atoms with van der Waals surface area (Å²) >= 11 is 0. The molecule has 1 atom stereocenters. The topological polar surface area (TPSA) is 84.2 Å². The fraction of sp³-hybridized carbons (Fsp3) is 0.333. The predicted molar refractivity (Wildman–Crippen MR) is 64.4 cm³/mol. The van der Waals surface area contributed by atoms with Gasteiger partial charge in [0.1, 0.15) is 0 Å². The molecule has 4 N–H and O–H groups in total. The molecule has 2 rings (SSSR count). The zero-order chi connectivity index (χ0) is 12.3. The average molecular weight is 233 g/mol. The summed E-state index contributed by atoms with van der Waals surface area (Å²) in [7, 11) is 0. The Hall–Kier alpha value is -2.04. The molecular weight excluding hydrogens is 218 g/mol. The average Bonchev–Trinajstić information content (AvgIpc) is 2.32. The van der Waals surface area contributed by atoms with Crippen molar-refractivity contribution in [1.29, 1.82) is 0 Å². The van der Waals surface area contributed by atoms with Crippen molar-refractivity contribution in [1.82, 2.24) is 10.6 Å². The van der Waals surface area contributed by atoms with Crippen molar-refractivity contribution in [3.05, 3.63) is 29.8 Å². The summed E-state index contributed by atoms with van der Waals surface area (Å²) in [6.07, 6.45) is 1.14. The highest BCUT2D eigenvalue weighted by Gasteiger charge is 2.19. The molecular formula is C12H15N3O2. The highest BCUT2D eigenvalue weighted by atomic mass is 16.2. The zero-order valence-electron chi connectivity index (χ0n) is 9.40. The molecule has 5 nitrogen and oxygen atoms in total. The molecule has 1 aliphatic heterocycles. The molecule has 1 aromatic rings. The number of hydrogen-bond acceptors (Lipinski definition) is 3. The third-order valence-electron chi connectivity index (χ3n) is 2.75. The van der Waals surface area contributed by atoms with E-state index >= 15 is 0 Å². The maximum Gasteiger partial charge on any atom is 0.251 e. The SMILES string of the molecule is Nc1cccc(C(=O)NC2CCC(=O)NC2)c1. The van der Waals surface area contributed by atoms with Gasteiger partial charge in [0, 0.05) is 30.3 Å². The quantitative estimate of drug-likeness (QED) is 0.641. The smallest absolute Gasteiger partial charge is 0.251 e. The van der Waals surface area contributed by atoms with Gasteiger partial charge in [-0.2, -0.15) is 0 Å².